The number of benzene rings is 1. The fraction of sp³-hybridized carbons (Fsp3) is 0.0769. The molecule has 0 saturated carbocycles. The summed E-state index contributed by atoms with van der Waals surface area (Å²) in [6.07, 6.45) is 0.255. The number of carboxylic acids is 1. The van der Waals surface area contributed by atoms with Gasteiger partial charge in [0, 0.05) is 6.08 Å². The molecule has 1 aromatic heterocycles. The zero-order valence-electron chi connectivity index (χ0n) is 10.2. The number of aromatic carboxylic acids is 1. The molecule has 1 aliphatic rings. The zero-order valence-corrected chi connectivity index (χ0v) is 10.2. The average molecular weight is 295 g/mol. The fourth-order valence-corrected chi connectivity index (χ4v) is 1.70. The van der Waals surface area contributed by atoms with Gasteiger partial charge >= 0.3 is 12.3 Å². The molecule has 21 heavy (non-hydrogen) atoms. The number of carbonyl (C=O) groups is 1. The largest absolute Gasteiger partial charge is 0.586 e. The van der Waals surface area contributed by atoms with E-state index in [1.165, 1.54) is 30.4 Å². The number of nitrogens with zero attached hydrogens (tertiary/aromatic N) is 1. The summed E-state index contributed by atoms with van der Waals surface area (Å²) in [7, 11) is 0. The van der Waals surface area contributed by atoms with Crippen molar-refractivity contribution in [1.29, 1.82) is 0 Å². The third-order valence-corrected chi connectivity index (χ3v) is 2.58. The molecule has 0 fully saturated rings. The van der Waals surface area contributed by atoms with Gasteiger partial charge in [0.1, 0.15) is 6.26 Å². The SMILES string of the molecule is O=C(O)c1coc(C=Cc2ccc3c(c2)OC(F)(F)O3)n1. The van der Waals surface area contributed by atoms with Gasteiger partial charge in [-0.1, -0.05) is 6.07 Å². The maximum absolute atomic E-state index is 12.9. The molecule has 0 unspecified atom stereocenters. The Morgan fingerprint density at radius 2 is 2.00 bits per heavy atom. The number of alkyl halides is 2. The standard InChI is InChI=1S/C13H7F2NO5/c14-13(15)20-9-3-1-7(5-10(9)21-13)2-4-11-16-8(6-19-11)12(17)18/h1-6H,(H,17,18). The molecule has 0 atom stereocenters. The number of carboxylic acid groups (broad SMARTS) is 1. The molecule has 1 aromatic carbocycles. The van der Waals surface area contributed by atoms with Crippen LogP contribution in [0.25, 0.3) is 12.2 Å². The van der Waals surface area contributed by atoms with E-state index in [1.807, 2.05) is 0 Å². The number of ether oxygens (including phenoxy) is 2. The van der Waals surface area contributed by atoms with E-state index in [4.69, 9.17) is 9.52 Å². The van der Waals surface area contributed by atoms with Gasteiger partial charge in [-0.05, 0) is 23.8 Å². The van der Waals surface area contributed by atoms with Gasteiger partial charge in [0.05, 0.1) is 0 Å². The average Bonchev–Trinajstić information content (AvgIpc) is 2.98. The first-order valence-corrected chi connectivity index (χ1v) is 5.70. The smallest absolute Gasteiger partial charge is 0.476 e. The van der Waals surface area contributed by atoms with Crippen molar-refractivity contribution in [2.24, 2.45) is 0 Å². The van der Waals surface area contributed by atoms with E-state index in [9.17, 15) is 13.6 Å². The van der Waals surface area contributed by atoms with E-state index in [1.54, 1.807) is 0 Å². The Labute approximate surface area is 116 Å². The highest BCUT2D eigenvalue weighted by molar-refractivity contribution is 5.85. The Morgan fingerprint density at radius 3 is 2.71 bits per heavy atom. The molecule has 2 heterocycles. The van der Waals surface area contributed by atoms with E-state index in [-0.39, 0.29) is 23.1 Å². The van der Waals surface area contributed by atoms with Crippen LogP contribution in [-0.4, -0.2) is 22.4 Å². The van der Waals surface area contributed by atoms with Gasteiger partial charge < -0.3 is 19.0 Å². The van der Waals surface area contributed by atoms with Crippen LogP contribution in [0, 0.1) is 0 Å². The number of hydrogen-bond donors (Lipinski definition) is 1. The highest BCUT2D eigenvalue weighted by Gasteiger charge is 2.43. The quantitative estimate of drug-likeness (QED) is 0.937. The Kier molecular flexibility index (Phi) is 2.86. The first-order valence-electron chi connectivity index (χ1n) is 5.70. The fourth-order valence-electron chi connectivity index (χ4n) is 1.70. The van der Waals surface area contributed by atoms with Crippen LogP contribution in [0.3, 0.4) is 0 Å². The summed E-state index contributed by atoms with van der Waals surface area (Å²) in [4.78, 5) is 14.3. The topological polar surface area (TPSA) is 81.8 Å². The van der Waals surface area contributed by atoms with Gasteiger partial charge in [0.2, 0.25) is 5.89 Å². The zero-order chi connectivity index (χ0) is 15.0. The van der Waals surface area contributed by atoms with Gasteiger partial charge in [-0.2, -0.15) is 0 Å². The molecule has 2 aromatic rings. The molecule has 1 N–H and O–H groups in total. The third-order valence-electron chi connectivity index (χ3n) is 2.58. The van der Waals surface area contributed by atoms with Crippen LogP contribution < -0.4 is 9.47 Å². The van der Waals surface area contributed by atoms with Crippen molar-refractivity contribution in [3.8, 4) is 11.5 Å². The molecule has 6 nitrogen and oxygen atoms in total. The Hall–Kier alpha value is -2.90. The number of fused-ring (bicyclic) bond motifs is 1. The van der Waals surface area contributed by atoms with E-state index >= 15 is 0 Å². The van der Waals surface area contributed by atoms with Gasteiger partial charge in [0.15, 0.2) is 17.2 Å². The van der Waals surface area contributed by atoms with Crippen molar-refractivity contribution in [1.82, 2.24) is 4.98 Å². The van der Waals surface area contributed by atoms with Crippen LogP contribution >= 0.6 is 0 Å². The third kappa shape index (κ3) is 2.69. The van der Waals surface area contributed by atoms with Gasteiger partial charge in [-0.3, -0.25) is 0 Å². The first-order chi connectivity index (χ1) is 9.93. The van der Waals surface area contributed by atoms with Crippen molar-refractivity contribution >= 4 is 18.1 Å². The van der Waals surface area contributed by atoms with Crippen molar-refractivity contribution in [3.63, 3.8) is 0 Å². The van der Waals surface area contributed by atoms with Crippen LogP contribution in [0.1, 0.15) is 21.9 Å². The second-order valence-electron chi connectivity index (χ2n) is 4.08. The monoisotopic (exact) mass is 295 g/mol. The van der Waals surface area contributed by atoms with Crippen molar-refractivity contribution in [3.05, 3.63) is 41.6 Å². The van der Waals surface area contributed by atoms with Crippen LogP contribution in [-0.2, 0) is 0 Å². The molecule has 8 heteroatoms. The van der Waals surface area contributed by atoms with Gasteiger partial charge in [-0.15, -0.1) is 8.78 Å². The van der Waals surface area contributed by atoms with Crippen molar-refractivity contribution in [2.45, 2.75) is 6.29 Å². The summed E-state index contributed by atoms with van der Waals surface area (Å²) in [5.41, 5.74) is 0.310. The summed E-state index contributed by atoms with van der Waals surface area (Å²) in [6.45, 7) is 0. The van der Waals surface area contributed by atoms with Gasteiger partial charge in [0.25, 0.3) is 0 Å². The predicted octanol–water partition coefficient (Wildman–Crippen LogP) is 2.86. The molecular weight excluding hydrogens is 288 g/mol. The van der Waals surface area contributed by atoms with E-state index in [2.05, 4.69) is 14.5 Å². The molecule has 0 radical (unpaired) electrons. The summed E-state index contributed by atoms with van der Waals surface area (Å²) in [5, 5.41) is 8.69. The van der Waals surface area contributed by atoms with Crippen LogP contribution in [0.5, 0.6) is 11.5 Å². The van der Waals surface area contributed by atoms with Crippen molar-refractivity contribution < 1.29 is 32.6 Å². The van der Waals surface area contributed by atoms with E-state index < -0.39 is 12.3 Å². The summed E-state index contributed by atoms with van der Waals surface area (Å²) >= 11 is 0. The lowest BCUT2D eigenvalue weighted by molar-refractivity contribution is -0.286. The normalized spacial score (nSPS) is 15.5. The summed E-state index contributed by atoms with van der Waals surface area (Å²) in [5.74, 6) is -1.26. The van der Waals surface area contributed by atoms with Crippen LogP contribution in [0.2, 0.25) is 0 Å². The van der Waals surface area contributed by atoms with Crippen LogP contribution in [0.4, 0.5) is 8.78 Å². The number of halogens is 2. The minimum absolute atomic E-state index is 0.0542. The van der Waals surface area contributed by atoms with E-state index in [0.29, 0.717) is 5.56 Å². The molecule has 108 valence electrons. The van der Waals surface area contributed by atoms with E-state index in [0.717, 1.165) is 6.26 Å². The highest BCUT2D eigenvalue weighted by Crippen LogP contribution is 2.41. The lowest BCUT2D eigenvalue weighted by Gasteiger charge is -2.04. The summed E-state index contributed by atoms with van der Waals surface area (Å²) < 4.78 is 39.2. The minimum atomic E-state index is -3.66. The molecule has 0 spiro atoms. The maximum Gasteiger partial charge on any atom is 0.586 e. The summed E-state index contributed by atoms with van der Waals surface area (Å²) in [6, 6.07) is 4.23. The second-order valence-corrected chi connectivity index (χ2v) is 4.08. The Balaban J connectivity index is 1.79. The van der Waals surface area contributed by atoms with Crippen molar-refractivity contribution in [2.75, 3.05) is 0 Å². The molecule has 0 aliphatic carbocycles. The molecule has 3 rings (SSSR count). The Bertz CT molecular complexity index is 738. The Morgan fingerprint density at radius 1 is 1.24 bits per heavy atom. The van der Waals surface area contributed by atoms with Gasteiger partial charge in [-0.25, -0.2) is 9.78 Å². The lowest BCUT2D eigenvalue weighted by Crippen LogP contribution is -2.25. The molecule has 0 amide bonds. The predicted molar refractivity (Wildman–Crippen MR) is 65.0 cm³/mol. The maximum atomic E-state index is 12.9. The minimum Gasteiger partial charge on any atom is -0.476 e. The second kappa shape index (κ2) is 4.58. The van der Waals surface area contributed by atoms with Crippen LogP contribution in [0.15, 0.2) is 28.9 Å². The molecule has 0 bridgehead atoms. The highest BCUT2D eigenvalue weighted by atomic mass is 19.3. The number of oxazole rings is 1. The lowest BCUT2D eigenvalue weighted by atomic mass is 10.2. The molecular formula is C13H7F2NO5. The number of aromatic nitrogens is 1. The number of hydrogen-bond acceptors (Lipinski definition) is 5. The first kappa shape index (κ1) is 13.1. The molecule has 0 saturated heterocycles. The number of rotatable bonds is 3. The molecule has 1 aliphatic heterocycles.